The highest BCUT2D eigenvalue weighted by atomic mass is 32.1. The second-order valence-corrected chi connectivity index (χ2v) is 4.87. The number of nitrogens with zero attached hydrogens (tertiary/aromatic N) is 1. The summed E-state index contributed by atoms with van der Waals surface area (Å²) in [5.41, 5.74) is 8.81. The minimum absolute atomic E-state index is 0.167. The first-order valence-corrected chi connectivity index (χ1v) is 6.77. The van der Waals surface area contributed by atoms with Crippen molar-refractivity contribution in [2.75, 3.05) is 24.6 Å². The summed E-state index contributed by atoms with van der Waals surface area (Å²) in [4.78, 5) is 2.63. The average Bonchev–Trinajstić information content (AvgIpc) is 2.34. The summed E-state index contributed by atoms with van der Waals surface area (Å²) in [6.45, 7) is 6.01. The maximum atomic E-state index is 9.15. The van der Waals surface area contributed by atoms with Crippen LogP contribution in [-0.2, 0) is 0 Å². The maximum absolute atomic E-state index is 9.15. The Morgan fingerprint density at radius 2 is 2.11 bits per heavy atom. The van der Waals surface area contributed by atoms with Crippen LogP contribution in [0, 0.1) is 6.92 Å². The number of unbranched alkanes of at least 4 members (excludes halogenated alkanes) is 1. The van der Waals surface area contributed by atoms with E-state index in [1.807, 2.05) is 25.1 Å². The van der Waals surface area contributed by atoms with Crippen molar-refractivity contribution in [1.82, 2.24) is 0 Å². The van der Waals surface area contributed by atoms with Gasteiger partial charge < -0.3 is 15.7 Å². The number of aliphatic hydroxyl groups excluding tert-OH is 1. The van der Waals surface area contributed by atoms with E-state index in [1.165, 1.54) is 0 Å². The third-order valence-corrected chi connectivity index (χ3v) is 3.21. The fraction of sp³-hybridized carbons (Fsp3) is 0.500. The van der Waals surface area contributed by atoms with Crippen LogP contribution in [0.5, 0.6) is 0 Å². The smallest absolute Gasteiger partial charge is 0.103 e. The molecule has 0 spiro atoms. The first-order chi connectivity index (χ1) is 8.60. The van der Waals surface area contributed by atoms with Crippen molar-refractivity contribution in [3.8, 4) is 0 Å². The fourth-order valence-electron chi connectivity index (χ4n) is 1.99. The first-order valence-electron chi connectivity index (χ1n) is 6.36. The molecule has 0 aliphatic rings. The Morgan fingerprint density at radius 1 is 1.39 bits per heavy atom. The van der Waals surface area contributed by atoms with Gasteiger partial charge >= 0.3 is 0 Å². The molecule has 3 nitrogen and oxygen atoms in total. The lowest BCUT2D eigenvalue weighted by Gasteiger charge is -2.26. The molecule has 0 saturated carbocycles. The Morgan fingerprint density at radius 3 is 2.61 bits per heavy atom. The topological polar surface area (TPSA) is 49.5 Å². The van der Waals surface area contributed by atoms with Gasteiger partial charge in [0, 0.05) is 24.3 Å². The molecule has 18 heavy (non-hydrogen) atoms. The SMILES string of the molecule is CCCCN(CCO)c1ccc(C(N)=S)cc1C. The van der Waals surface area contributed by atoms with Crippen LogP contribution in [0.4, 0.5) is 5.69 Å². The largest absolute Gasteiger partial charge is 0.395 e. The van der Waals surface area contributed by atoms with Gasteiger partial charge in [0.2, 0.25) is 0 Å². The number of aliphatic hydroxyl groups is 1. The van der Waals surface area contributed by atoms with Crippen LogP contribution in [0.25, 0.3) is 0 Å². The molecule has 0 atom stereocenters. The minimum Gasteiger partial charge on any atom is -0.395 e. The molecule has 100 valence electrons. The monoisotopic (exact) mass is 266 g/mol. The van der Waals surface area contributed by atoms with Gasteiger partial charge in [-0.1, -0.05) is 25.6 Å². The number of rotatable bonds is 7. The van der Waals surface area contributed by atoms with Crippen molar-refractivity contribution in [2.24, 2.45) is 5.73 Å². The van der Waals surface area contributed by atoms with Crippen molar-refractivity contribution in [2.45, 2.75) is 26.7 Å². The van der Waals surface area contributed by atoms with Crippen molar-refractivity contribution in [1.29, 1.82) is 0 Å². The molecule has 1 aromatic carbocycles. The standard InChI is InChI=1S/C14H22N2OS/c1-3-4-7-16(8-9-17)13-6-5-12(14(15)18)10-11(13)2/h5-6,10,17H,3-4,7-9H2,1-2H3,(H2,15,18). The van der Waals surface area contributed by atoms with E-state index in [-0.39, 0.29) is 6.61 Å². The zero-order valence-electron chi connectivity index (χ0n) is 11.1. The lowest BCUT2D eigenvalue weighted by Crippen LogP contribution is -2.28. The van der Waals surface area contributed by atoms with Crippen LogP contribution in [0.3, 0.4) is 0 Å². The molecule has 0 saturated heterocycles. The molecule has 3 N–H and O–H groups in total. The van der Waals surface area contributed by atoms with E-state index < -0.39 is 0 Å². The minimum atomic E-state index is 0.167. The number of anilines is 1. The molecule has 4 heteroatoms. The number of thiocarbonyl (C=S) groups is 1. The van der Waals surface area contributed by atoms with E-state index in [2.05, 4.69) is 11.8 Å². The highest BCUT2D eigenvalue weighted by Gasteiger charge is 2.09. The lowest BCUT2D eigenvalue weighted by atomic mass is 10.1. The molecule has 0 bridgehead atoms. The number of hydrogen-bond acceptors (Lipinski definition) is 3. The van der Waals surface area contributed by atoms with Crippen LogP contribution in [0.15, 0.2) is 18.2 Å². The number of aryl methyl sites for hydroxylation is 1. The predicted molar refractivity (Wildman–Crippen MR) is 81.3 cm³/mol. The van der Waals surface area contributed by atoms with E-state index >= 15 is 0 Å². The Bertz CT molecular complexity index is 407. The van der Waals surface area contributed by atoms with Gasteiger partial charge in [-0.15, -0.1) is 0 Å². The van der Waals surface area contributed by atoms with E-state index in [9.17, 15) is 0 Å². The van der Waals surface area contributed by atoms with Crippen LogP contribution in [-0.4, -0.2) is 29.8 Å². The lowest BCUT2D eigenvalue weighted by molar-refractivity contribution is 0.301. The first kappa shape index (κ1) is 14.9. The zero-order valence-corrected chi connectivity index (χ0v) is 12.0. The number of benzene rings is 1. The summed E-state index contributed by atoms with van der Waals surface area (Å²) in [5.74, 6) is 0. The molecule has 0 aliphatic heterocycles. The molecule has 0 amide bonds. The molecule has 1 aromatic rings. The van der Waals surface area contributed by atoms with Crippen LogP contribution in [0.2, 0.25) is 0 Å². The molecule has 0 aliphatic carbocycles. The Kier molecular flexibility index (Phi) is 6.09. The van der Waals surface area contributed by atoms with Crippen molar-refractivity contribution >= 4 is 22.9 Å². The van der Waals surface area contributed by atoms with Gasteiger partial charge in [0.25, 0.3) is 0 Å². The van der Waals surface area contributed by atoms with Crippen LogP contribution >= 0.6 is 12.2 Å². The second-order valence-electron chi connectivity index (χ2n) is 4.43. The molecular formula is C14H22N2OS. The molecule has 0 heterocycles. The van der Waals surface area contributed by atoms with E-state index in [0.29, 0.717) is 11.5 Å². The third kappa shape index (κ3) is 3.96. The normalized spacial score (nSPS) is 10.4. The quantitative estimate of drug-likeness (QED) is 0.743. The zero-order chi connectivity index (χ0) is 13.5. The summed E-state index contributed by atoms with van der Waals surface area (Å²) in [7, 11) is 0. The fourth-order valence-corrected chi connectivity index (χ4v) is 2.11. The van der Waals surface area contributed by atoms with Gasteiger partial charge in [-0.25, -0.2) is 0 Å². The van der Waals surface area contributed by atoms with Crippen LogP contribution < -0.4 is 10.6 Å². The summed E-state index contributed by atoms with van der Waals surface area (Å²) in [5, 5.41) is 9.15. The van der Waals surface area contributed by atoms with Crippen LogP contribution in [0.1, 0.15) is 30.9 Å². The third-order valence-electron chi connectivity index (χ3n) is 2.97. The Labute approximate surface area is 115 Å². The van der Waals surface area contributed by atoms with Gasteiger partial charge in [0.1, 0.15) is 4.99 Å². The highest BCUT2D eigenvalue weighted by molar-refractivity contribution is 7.80. The number of hydrogen-bond donors (Lipinski definition) is 2. The molecular weight excluding hydrogens is 244 g/mol. The molecule has 1 rings (SSSR count). The van der Waals surface area contributed by atoms with Gasteiger partial charge in [0.15, 0.2) is 0 Å². The highest BCUT2D eigenvalue weighted by Crippen LogP contribution is 2.21. The predicted octanol–water partition coefficient (Wildman–Crippen LogP) is 2.23. The van der Waals surface area contributed by atoms with Gasteiger partial charge in [-0.2, -0.15) is 0 Å². The second kappa shape index (κ2) is 7.34. The average molecular weight is 266 g/mol. The molecule has 0 fully saturated rings. The maximum Gasteiger partial charge on any atom is 0.103 e. The molecule has 0 unspecified atom stereocenters. The van der Waals surface area contributed by atoms with Crippen molar-refractivity contribution in [3.63, 3.8) is 0 Å². The summed E-state index contributed by atoms with van der Waals surface area (Å²) in [6, 6.07) is 5.99. The number of nitrogens with two attached hydrogens (primary N) is 1. The van der Waals surface area contributed by atoms with Gasteiger partial charge in [0.05, 0.1) is 6.61 Å². The van der Waals surface area contributed by atoms with E-state index in [0.717, 1.165) is 36.2 Å². The van der Waals surface area contributed by atoms with Gasteiger partial charge in [-0.3, -0.25) is 0 Å². The van der Waals surface area contributed by atoms with E-state index in [1.54, 1.807) is 0 Å². The molecule has 0 radical (unpaired) electrons. The summed E-state index contributed by atoms with van der Waals surface area (Å²) in [6.07, 6.45) is 2.27. The Hall–Kier alpha value is -1.13. The van der Waals surface area contributed by atoms with Crippen molar-refractivity contribution < 1.29 is 5.11 Å². The van der Waals surface area contributed by atoms with Crippen molar-refractivity contribution in [3.05, 3.63) is 29.3 Å². The molecule has 0 aromatic heterocycles. The van der Waals surface area contributed by atoms with Gasteiger partial charge in [-0.05, 0) is 37.1 Å². The Balaban J connectivity index is 2.93. The summed E-state index contributed by atoms with van der Waals surface area (Å²) >= 11 is 4.98. The summed E-state index contributed by atoms with van der Waals surface area (Å²) < 4.78 is 0. The van der Waals surface area contributed by atoms with E-state index in [4.69, 9.17) is 23.1 Å².